The van der Waals surface area contributed by atoms with Gasteiger partial charge >= 0.3 is 0 Å². The van der Waals surface area contributed by atoms with Crippen molar-refractivity contribution in [1.82, 2.24) is 4.98 Å². The van der Waals surface area contributed by atoms with Crippen molar-refractivity contribution in [2.75, 3.05) is 12.5 Å². The fourth-order valence-electron chi connectivity index (χ4n) is 1.65. The van der Waals surface area contributed by atoms with Gasteiger partial charge in [-0.25, -0.2) is 0 Å². The molecule has 0 atom stereocenters. The highest BCUT2D eigenvalue weighted by Crippen LogP contribution is 2.36. The summed E-state index contributed by atoms with van der Waals surface area (Å²) < 4.78 is 5.22. The van der Waals surface area contributed by atoms with Crippen LogP contribution in [0.3, 0.4) is 0 Å². The van der Waals surface area contributed by atoms with E-state index >= 15 is 0 Å². The second-order valence-electron chi connectivity index (χ2n) is 3.28. The molecule has 6 heteroatoms. The number of rotatable bonds is 2. The van der Waals surface area contributed by atoms with Crippen molar-refractivity contribution in [2.24, 2.45) is 5.84 Å². The molecule has 0 radical (unpaired) electrons. The zero-order chi connectivity index (χ0) is 12.4. The summed E-state index contributed by atoms with van der Waals surface area (Å²) in [6.07, 6.45) is 1.42. The van der Waals surface area contributed by atoms with Gasteiger partial charge in [0, 0.05) is 6.20 Å². The number of pyridine rings is 1. The third-order valence-corrected chi connectivity index (χ3v) is 2.72. The van der Waals surface area contributed by atoms with Gasteiger partial charge in [0.25, 0.3) is 0 Å². The Hall–Kier alpha value is -2.03. The van der Waals surface area contributed by atoms with Gasteiger partial charge in [-0.3, -0.25) is 10.8 Å². The van der Waals surface area contributed by atoms with E-state index < -0.39 is 0 Å². The molecule has 86 valence electrons. The van der Waals surface area contributed by atoms with Crippen molar-refractivity contribution in [3.8, 4) is 11.8 Å². The Morgan fingerprint density at radius 2 is 2.29 bits per heavy atom. The van der Waals surface area contributed by atoms with Crippen molar-refractivity contribution in [2.45, 2.75) is 0 Å². The number of nitrogen functional groups attached to an aromatic ring is 1. The molecule has 0 aliphatic carbocycles. The molecule has 0 aliphatic heterocycles. The molecule has 2 aromatic rings. The summed E-state index contributed by atoms with van der Waals surface area (Å²) in [6.45, 7) is 0. The number of hydrazine groups is 1. The zero-order valence-corrected chi connectivity index (χ0v) is 9.75. The molecule has 0 saturated heterocycles. The number of nitrogens with zero attached hydrogens (tertiary/aromatic N) is 2. The Bertz CT molecular complexity index is 621. The molecular formula is C11H9ClN4O. The first-order chi connectivity index (χ1) is 8.22. The highest BCUT2D eigenvalue weighted by molar-refractivity contribution is 6.35. The molecule has 0 amide bonds. The van der Waals surface area contributed by atoms with Gasteiger partial charge < -0.3 is 10.2 Å². The number of aromatic nitrogens is 1. The van der Waals surface area contributed by atoms with E-state index in [1.807, 2.05) is 6.07 Å². The van der Waals surface area contributed by atoms with Crippen LogP contribution in [0.15, 0.2) is 18.3 Å². The van der Waals surface area contributed by atoms with Crippen LogP contribution in [-0.2, 0) is 0 Å². The minimum absolute atomic E-state index is 0.334. The number of hydrogen-bond donors (Lipinski definition) is 2. The molecule has 0 spiro atoms. The summed E-state index contributed by atoms with van der Waals surface area (Å²) in [5, 5.41) is 10.1. The van der Waals surface area contributed by atoms with E-state index in [-0.39, 0.29) is 0 Å². The molecule has 1 aromatic carbocycles. The van der Waals surface area contributed by atoms with Crippen LogP contribution in [0.5, 0.6) is 5.75 Å². The SMILES string of the molecule is COc1ccc(Cl)c2ncc(C#N)c(NN)c12. The molecule has 0 fully saturated rings. The van der Waals surface area contributed by atoms with E-state index in [1.165, 1.54) is 13.3 Å². The molecule has 0 unspecified atom stereocenters. The van der Waals surface area contributed by atoms with Crippen molar-refractivity contribution in [3.63, 3.8) is 0 Å². The number of fused-ring (bicyclic) bond motifs is 1. The quantitative estimate of drug-likeness (QED) is 0.628. The molecule has 3 N–H and O–H groups in total. The van der Waals surface area contributed by atoms with Gasteiger partial charge in [0.1, 0.15) is 11.8 Å². The average Bonchev–Trinajstić information content (AvgIpc) is 2.38. The van der Waals surface area contributed by atoms with Crippen molar-refractivity contribution >= 4 is 28.2 Å². The Morgan fingerprint density at radius 3 is 2.88 bits per heavy atom. The number of anilines is 1. The monoisotopic (exact) mass is 248 g/mol. The topological polar surface area (TPSA) is 84.0 Å². The van der Waals surface area contributed by atoms with Crippen molar-refractivity contribution in [3.05, 3.63) is 28.9 Å². The number of ether oxygens (including phenoxy) is 1. The van der Waals surface area contributed by atoms with Gasteiger partial charge in [-0.15, -0.1) is 0 Å². The lowest BCUT2D eigenvalue weighted by atomic mass is 10.1. The molecule has 1 heterocycles. The van der Waals surface area contributed by atoms with E-state index in [2.05, 4.69) is 10.4 Å². The zero-order valence-electron chi connectivity index (χ0n) is 8.99. The second-order valence-corrected chi connectivity index (χ2v) is 3.68. The Morgan fingerprint density at radius 1 is 1.53 bits per heavy atom. The molecule has 17 heavy (non-hydrogen) atoms. The summed E-state index contributed by atoms with van der Waals surface area (Å²) in [6, 6.07) is 5.39. The van der Waals surface area contributed by atoms with E-state index in [0.29, 0.717) is 32.9 Å². The van der Waals surface area contributed by atoms with Gasteiger partial charge in [-0.05, 0) is 12.1 Å². The maximum atomic E-state index is 8.98. The van der Waals surface area contributed by atoms with Crippen LogP contribution in [0, 0.1) is 11.3 Å². The van der Waals surface area contributed by atoms with Gasteiger partial charge in [0.2, 0.25) is 0 Å². The third-order valence-electron chi connectivity index (χ3n) is 2.42. The van der Waals surface area contributed by atoms with Crippen LogP contribution in [0.25, 0.3) is 10.9 Å². The molecule has 2 rings (SSSR count). The molecule has 5 nitrogen and oxygen atoms in total. The number of hydrogen-bond acceptors (Lipinski definition) is 5. The van der Waals surface area contributed by atoms with E-state index in [4.69, 9.17) is 27.4 Å². The predicted molar refractivity (Wildman–Crippen MR) is 65.8 cm³/mol. The van der Waals surface area contributed by atoms with E-state index in [9.17, 15) is 0 Å². The molecule has 0 aliphatic rings. The van der Waals surface area contributed by atoms with Crippen LogP contribution in [0.1, 0.15) is 5.56 Å². The summed E-state index contributed by atoms with van der Waals surface area (Å²) in [5.41, 5.74) is 3.82. The molecule has 1 aromatic heterocycles. The first-order valence-corrected chi connectivity index (χ1v) is 5.12. The van der Waals surface area contributed by atoms with Crippen LogP contribution < -0.4 is 16.0 Å². The van der Waals surface area contributed by atoms with Crippen molar-refractivity contribution < 1.29 is 4.74 Å². The van der Waals surface area contributed by atoms with Crippen LogP contribution >= 0.6 is 11.6 Å². The number of halogens is 1. The van der Waals surface area contributed by atoms with Crippen LogP contribution in [0.4, 0.5) is 5.69 Å². The smallest absolute Gasteiger partial charge is 0.130 e. The largest absolute Gasteiger partial charge is 0.496 e. The number of methoxy groups -OCH3 is 1. The predicted octanol–water partition coefficient (Wildman–Crippen LogP) is 2.05. The number of nitrogens with one attached hydrogen (secondary N) is 1. The van der Waals surface area contributed by atoms with Gasteiger partial charge in [-0.2, -0.15) is 5.26 Å². The minimum Gasteiger partial charge on any atom is -0.496 e. The number of nitrogens with two attached hydrogens (primary N) is 1. The molecule has 0 bridgehead atoms. The first-order valence-electron chi connectivity index (χ1n) is 4.74. The van der Waals surface area contributed by atoms with E-state index in [0.717, 1.165) is 0 Å². The fraction of sp³-hybridized carbons (Fsp3) is 0.0909. The van der Waals surface area contributed by atoms with Gasteiger partial charge in [0.05, 0.1) is 34.3 Å². The summed E-state index contributed by atoms with van der Waals surface area (Å²) >= 11 is 6.04. The Balaban J connectivity index is 2.96. The minimum atomic E-state index is 0.334. The lowest BCUT2D eigenvalue weighted by Crippen LogP contribution is -2.10. The third kappa shape index (κ3) is 1.73. The van der Waals surface area contributed by atoms with Gasteiger partial charge in [0.15, 0.2) is 0 Å². The van der Waals surface area contributed by atoms with Crippen molar-refractivity contribution in [1.29, 1.82) is 5.26 Å². The number of nitriles is 1. The average molecular weight is 249 g/mol. The highest BCUT2D eigenvalue weighted by atomic mass is 35.5. The van der Waals surface area contributed by atoms with Gasteiger partial charge in [-0.1, -0.05) is 11.6 Å². The summed E-state index contributed by atoms with van der Waals surface area (Å²) in [5.74, 6) is 6.00. The maximum absolute atomic E-state index is 8.98. The molecule has 0 saturated carbocycles. The highest BCUT2D eigenvalue weighted by Gasteiger charge is 2.14. The maximum Gasteiger partial charge on any atom is 0.130 e. The second kappa shape index (κ2) is 4.45. The lowest BCUT2D eigenvalue weighted by molar-refractivity contribution is 0.420. The first kappa shape index (κ1) is 11.5. The summed E-state index contributed by atoms with van der Waals surface area (Å²) in [7, 11) is 1.53. The van der Waals surface area contributed by atoms with Crippen LogP contribution in [0.2, 0.25) is 5.02 Å². The summed E-state index contributed by atoms with van der Waals surface area (Å²) in [4.78, 5) is 4.14. The van der Waals surface area contributed by atoms with E-state index in [1.54, 1.807) is 12.1 Å². The lowest BCUT2D eigenvalue weighted by Gasteiger charge is -2.11. The normalized spacial score (nSPS) is 10.0. The fourth-order valence-corrected chi connectivity index (χ4v) is 1.85. The standard InChI is InChI=1S/C11H9ClN4O/c1-17-8-3-2-7(12)11-9(8)10(16-14)6(4-13)5-15-11/h2-3,5H,14H2,1H3,(H,15,16). The Kier molecular flexibility index (Phi) is 3.00. The van der Waals surface area contributed by atoms with Crippen LogP contribution in [-0.4, -0.2) is 12.1 Å². The number of benzene rings is 1. The molecular weight excluding hydrogens is 240 g/mol. The Labute approximate surface area is 103 Å².